The topological polar surface area (TPSA) is 172 Å². The molecular formula is C43H74NO10P. The van der Waals surface area contributed by atoms with Gasteiger partial charge >= 0.3 is 25.7 Å². The lowest BCUT2D eigenvalue weighted by Gasteiger charge is -2.20. The minimum absolute atomic E-state index is 0.0819. The molecule has 0 aliphatic carbocycles. The van der Waals surface area contributed by atoms with E-state index in [2.05, 4.69) is 67.0 Å². The average molecular weight is 796 g/mol. The third kappa shape index (κ3) is 37.9. The summed E-state index contributed by atoms with van der Waals surface area (Å²) in [5, 5.41) is 8.88. The first kappa shape index (κ1) is 52.2. The highest BCUT2D eigenvalue weighted by Gasteiger charge is 2.28. The van der Waals surface area contributed by atoms with E-state index < -0.39 is 51.1 Å². The number of aliphatic carboxylic acids is 1. The van der Waals surface area contributed by atoms with E-state index in [1.54, 1.807) is 0 Å². The number of esters is 2. The van der Waals surface area contributed by atoms with E-state index in [4.69, 9.17) is 24.8 Å². The summed E-state index contributed by atoms with van der Waals surface area (Å²) in [6.07, 6.45) is 42.9. The molecule has 4 N–H and O–H groups in total. The summed E-state index contributed by atoms with van der Waals surface area (Å²) >= 11 is 0. The van der Waals surface area contributed by atoms with E-state index in [0.29, 0.717) is 19.3 Å². The number of ether oxygens (including phenoxy) is 2. The average Bonchev–Trinajstić information content (AvgIpc) is 3.16. The van der Waals surface area contributed by atoms with E-state index in [1.807, 2.05) is 12.2 Å². The van der Waals surface area contributed by atoms with Gasteiger partial charge in [0, 0.05) is 12.8 Å². The van der Waals surface area contributed by atoms with Crippen LogP contribution in [0.25, 0.3) is 0 Å². The van der Waals surface area contributed by atoms with Crippen LogP contribution in [0.2, 0.25) is 0 Å². The zero-order chi connectivity index (χ0) is 40.7. The standard InChI is InChI=1S/C43H74NO10P/c1-3-5-7-9-11-13-15-17-19-20-21-23-25-27-29-31-33-35-42(46)54-39(37-52-55(49,50)53-38-40(44)43(47)48)36-51-41(45)34-32-30-28-26-24-22-18-16-14-12-10-8-6-4-2/h5,7,11,13,17,19,21,23,27,29,39-40H,3-4,6,8-10,12,14-16,18,20,22,24-26,28,30-38,44H2,1-2H3,(H,47,48)(H,49,50)/b7-5-,13-11-,19-17-,23-21-,29-27-. The fourth-order valence-corrected chi connectivity index (χ4v) is 6.05. The van der Waals surface area contributed by atoms with Gasteiger partial charge in [0.1, 0.15) is 12.6 Å². The fourth-order valence-electron chi connectivity index (χ4n) is 5.28. The van der Waals surface area contributed by atoms with Crippen LogP contribution in [0.4, 0.5) is 0 Å². The normalized spacial score (nSPS) is 14.4. The molecule has 0 aliphatic heterocycles. The highest BCUT2D eigenvalue weighted by Crippen LogP contribution is 2.43. The molecule has 316 valence electrons. The highest BCUT2D eigenvalue weighted by atomic mass is 31.2. The number of allylic oxidation sites excluding steroid dienone is 10. The predicted octanol–water partition coefficient (Wildman–Crippen LogP) is 10.8. The summed E-state index contributed by atoms with van der Waals surface area (Å²) in [4.78, 5) is 45.9. The summed E-state index contributed by atoms with van der Waals surface area (Å²) in [6.45, 7) is 2.62. The summed E-state index contributed by atoms with van der Waals surface area (Å²) in [5.41, 5.74) is 5.32. The molecule has 12 heteroatoms. The van der Waals surface area contributed by atoms with Crippen molar-refractivity contribution in [2.45, 2.75) is 174 Å². The van der Waals surface area contributed by atoms with Crippen molar-refractivity contribution in [2.75, 3.05) is 19.8 Å². The first-order valence-electron chi connectivity index (χ1n) is 20.8. The Labute approximate surface area is 332 Å². The lowest BCUT2D eigenvalue weighted by molar-refractivity contribution is -0.161. The van der Waals surface area contributed by atoms with Gasteiger partial charge in [0.2, 0.25) is 0 Å². The quantitative estimate of drug-likeness (QED) is 0.0235. The smallest absolute Gasteiger partial charge is 0.472 e. The minimum Gasteiger partial charge on any atom is -0.480 e. The highest BCUT2D eigenvalue weighted by molar-refractivity contribution is 7.47. The Bertz CT molecular complexity index is 1170. The Morgan fingerprint density at radius 1 is 0.582 bits per heavy atom. The second-order valence-electron chi connectivity index (χ2n) is 13.7. The van der Waals surface area contributed by atoms with Gasteiger partial charge in [-0.2, -0.15) is 0 Å². The molecule has 0 radical (unpaired) electrons. The number of nitrogens with two attached hydrogens (primary N) is 1. The second-order valence-corrected chi connectivity index (χ2v) is 15.2. The molecule has 55 heavy (non-hydrogen) atoms. The van der Waals surface area contributed by atoms with Crippen molar-refractivity contribution in [3.63, 3.8) is 0 Å². The summed E-state index contributed by atoms with van der Waals surface area (Å²) < 4.78 is 32.6. The zero-order valence-electron chi connectivity index (χ0n) is 34.0. The van der Waals surface area contributed by atoms with Gasteiger partial charge in [-0.1, -0.05) is 158 Å². The van der Waals surface area contributed by atoms with E-state index in [1.165, 1.54) is 64.2 Å². The number of phosphoric acid groups is 1. The second kappa shape index (κ2) is 38.1. The van der Waals surface area contributed by atoms with Crippen molar-refractivity contribution in [1.29, 1.82) is 0 Å². The molecule has 0 aromatic rings. The molecule has 0 aromatic heterocycles. The third-order valence-electron chi connectivity index (χ3n) is 8.53. The van der Waals surface area contributed by atoms with Crippen LogP contribution in [0.15, 0.2) is 60.8 Å². The summed E-state index contributed by atoms with van der Waals surface area (Å²) in [6, 6.07) is -1.53. The van der Waals surface area contributed by atoms with Crippen LogP contribution >= 0.6 is 7.82 Å². The zero-order valence-corrected chi connectivity index (χ0v) is 34.9. The van der Waals surface area contributed by atoms with Gasteiger partial charge in [-0.05, 0) is 51.4 Å². The molecule has 11 nitrogen and oxygen atoms in total. The lowest BCUT2D eigenvalue weighted by Crippen LogP contribution is -2.34. The number of rotatable bonds is 38. The van der Waals surface area contributed by atoms with E-state index in [9.17, 15) is 23.8 Å². The number of unbranched alkanes of at least 4 members (excludes halogenated alkanes) is 14. The van der Waals surface area contributed by atoms with Crippen LogP contribution in [0.1, 0.15) is 162 Å². The number of phosphoric ester groups is 1. The number of carbonyl (C=O) groups is 3. The van der Waals surface area contributed by atoms with Gasteiger partial charge in [-0.3, -0.25) is 23.4 Å². The van der Waals surface area contributed by atoms with Crippen LogP contribution < -0.4 is 5.73 Å². The van der Waals surface area contributed by atoms with Crippen molar-refractivity contribution < 1.29 is 47.5 Å². The van der Waals surface area contributed by atoms with Gasteiger partial charge in [-0.25, -0.2) is 4.57 Å². The molecule has 0 saturated heterocycles. The summed E-state index contributed by atoms with van der Waals surface area (Å²) in [5.74, 6) is -2.46. The molecule has 0 bridgehead atoms. The maximum atomic E-state index is 12.6. The minimum atomic E-state index is -4.73. The molecule has 0 fully saturated rings. The van der Waals surface area contributed by atoms with E-state index in [0.717, 1.165) is 51.4 Å². The van der Waals surface area contributed by atoms with E-state index in [-0.39, 0.29) is 19.4 Å². The molecule has 0 spiro atoms. The Balaban J connectivity index is 4.50. The third-order valence-corrected chi connectivity index (χ3v) is 9.48. The van der Waals surface area contributed by atoms with Crippen molar-refractivity contribution in [2.24, 2.45) is 5.73 Å². The number of carboxylic acid groups (broad SMARTS) is 1. The number of hydrogen-bond donors (Lipinski definition) is 3. The van der Waals surface area contributed by atoms with Gasteiger partial charge in [0.25, 0.3) is 0 Å². The van der Waals surface area contributed by atoms with E-state index >= 15 is 0 Å². The number of carboxylic acids is 1. The molecule has 3 unspecified atom stereocenters. The van der Waals surface area contributed by atoms with Crippen molar-refractivity contribution >= 4 is 25.7 Å². The number of hydrogen-bond acceptors (Lipinski definition) is 9. The SMILES string of the molecule is CC/C=C\C/C=C\C/C=C\C/C=C\C/C=C\CCCC(=O)OC(COC(=O)CCCCCCCCCCCCCCCC)COP(=O)(O)OCC(N)C(=O)O. The lowest BCUT2D eigenvalue weighted by atomic mass is 10.0. The molecule has 0 saturated carbocycles. The predicted molar refractivity (Wildman–Crippen MR) is 221 cm³/mol. The van der Waals surface area contributed by atoms with Crippen molar-refractivity contribution in [3.05, 3.63) is 60.8 Å². The van der Waals surface area contributed by atoms with Gasteiger partial charge in [0.15, 0.2) is 6.10 Å². The maximum absolute atomic E-state index is 12.6. The molecule has 0 aromatic carbocycles. The van der Waals surface area contributed by atoms with Crippen LogP contribution in [-0.4, -0.2) is 59.9 Å². The van der Waals surface area contributed by atoms with Crippen LogP contribution in [-0.2, 0) is 37.5 Å². The van der Waals surface area contributed by atoms with Gasteiger partial charge in [-0.15, -0.1) is 0 Å². The largest absolute Gasteiger partial charge is 0.480 e. The van der Waals surface area contributed by atoms with Crippen molar-refractivity contribution in [3.8, 4) is 0 Å². The molecule has 0 heterocycles. The monoisotopic (exact) mass is 796 g/mol. The van der Waals surface area contributed by atoms with Gasteiger partial charge < -0.3 is 25.2 Å². The Morgan fingerprint density at radius 2 is 1.02 bits per heavy atom. The molecule has 0 aliphatic rings. The Kier molecular flexibility index (Phi) is 36.1. The van der Waals surface area contributed by atoms with Crippen LogP contribution in [0.5, 0.6) is 0 Å². The van der Waals surface area contributed by atoms with Crippen molar-refractivity contribution in [1.82, 2.24) is 0 Å². The molecule has 0 amide bonds. The van der Waals surface area contributed by atoms with Crippen LogP contribution in [0.3, 0.4) is 0 Å². The van der Waals surface area contributed by atoms with Crippen LogP contribution in [0, 0.1) is 0 Å². The molecule has 3 atom stereocenters. The Morgan fingerprint density at radius 3 is 1.51 bits per heavy atom. The number of carbonyl (C=O) groups excluding carboxylic acids is 2. The Hall–Kier alpha value is -2.82. The molecule has 0 rings (SSSR count). The first-order valence-corrected chi connectivity index (χ1v) is 22.3. The molecular weight excluding hydrogens is 721 g/mol. The maximum Gasteiger partial charge on any atom is 0.472 e. The fraction of sp³-hybridized carbons (Fsp3) is 0.698. The first-order chi connectivity index (χ1) is 26.6. The van der Waals surface area contributed by atoms with Gasteiger partial charge in [0.05, 0.1) is 13.2 Å². The summed E-state index contributed by atoms with van der Waals surface area (Å²) in [7, 11) is -4.73.